The molecule has 4 N–H and O–H groups in total. The molecule has 21 heavy (non-hydrogen) atoms. The third-order valence-electron chi connectivity index (χ3n) is 3.66. The van der Waals surface area contributed by atoms with Crippen molar-refractivity contribution in [1.82, 2.24) is 5.32 Å². The molecule has 0 aliphatic rings. The predicted octanol–water partition coefficient (Wildman–Crippen LogP) is 2.16. The van der Waals surface area contributed by atoms with Gasteiger partial charge in [0.1, 0.15) is 5.84 Å². The SMILES string of the molecule is Cc1c(CNCCC(C)(C)/C(N)=N/O)cccc1[N+](=O)[O-]. The zero-order valence-corrected chi connectivity index (χ0v) is 12.6. The summed E-state index contributed by atoms with van der Waals surface area (Å²) in [5.74, 6) is 0.191. The quantitative estimate of drug-likeness (QED) is 0.178. The topological polar surface area (TPSA) is 114 Å². The maximum atomic E-state index is 10.9. The number of nitro benzene ring substituents is 1. The fourth-order valence-corrected chi connectivity index (χ4v) is 1.95. The van der Waals surface area contributed by atoms with Crippen LogP contribution in [-0.2, 0) is 6.54 Å². The summed E-state index contributed by atoms with van der Waals surface area (Å²) in [4.78, 5) is 10.5. The van der Waals surface area contributed by atoms with Gasteiger partial charge in [-0.2, -0.15) is 0 Å². The minimum absolute atomic E-state index is 0.131. The number of oxime groups is 1. The van der Waals surface area contributed by atoms with Gasteiger partial charge in [0.05, 0.1) is 4.92 Å². The van der Waals surface area contributed by atoms with Gasteiger partial charge in [-0.05, 0) is 25.5 Å². The van der Waals surface area contributed by atoms with E-state index in [0.29, 0.717) is 25.1 Å². The second-order valence-electron chi connectivity index (χ2n) is 5.61. The molecule has 1 aromatic rings. The van der Waals surface area contributed by atoms with Crippen LogP contribution in [0.4, 0.5) is 5.69 Å². The molecule has 7 heteroatoms. The van der Waals surface area contributed by atoms with Crippen molar-refractivity contribution in [3.05, 3.63) is 39.4 Å². The van der Waals surface area contributed by atoms with Crippen LogP contribution in [0.3, 0.4) is 0 Å². The zero-order chi connectivity index (χ0) is 16.0. The Morgan fingerprint density at radius 3 is 2.76 bits per heavy atom. The van der Waals surface area contributed by atoms with Gasteiger partial charge in [-0.15, -0.1) is 0 Å². The van der Waals surface area contributed by atoms with Gasteiger partial charge in [-0.3, -0.25) is 10.1 Å². The Bertz CT molecular complexity index is 541. The van der Waals surface area contributed by atoms with Crippen molar-refractivity contribution in [2.24, 2.45) is 16.3 Å². The Balaban J connectivity index is 2.58. The third-order valence-corrected chi connectivity index (χ3v) is 3.66. The molecule has 0 bridgehead atoms. The molecule has 0 spiro atoms. The van der Waals surface area contributed by atoms with Gasteiger partial charge < -0.3 is 16.3 Å². The van der Waals surface area contributed by atoms with Gasteiger partial charge >= 0.3 is 0 Å². The number of benzene rings is 1. The normalized spacial score (nSPS) is 12.4. The van der Waals surface area contributed by atoms with Crippen molar-refractivity contribution in [1.29, 1.82) is 0 Å². The Hall–Kier alpha value is -2.15. The minimum Gasteiger partial charge on any atom is -0.409 e. The Labute approximate surface area is 124 Å². The summed E-state index contributed by atoms with van der Waals surface area (Å²) >= 11 is 0. The highest BCUT2D eigenvalue weighted by atomic mass is 16.6. The third kappa shape index (κ3) is 4.42. The Morgan fingerprint density at radius 2 is 2.19 bits per heavy atom. The standard InChI is InChI=1S/C14H22N4O3/c1-10-11(5-4-6-12(10)18(20)21)9-16-8-7-14(2,3)13(15)17-19/h4-6,16,19H,7-9H2,1-3H3,(H2,15,17). The summed E-state index contributed by atoms with van der Waals surface area (Å²) in [6.45, 7) is 6.73. The highest BCUT2D eigenvalue weighted by Gasteiger charge is 2.22. The summed E-state index contributed by atoms with van der Waals surface area (Å²) < 4.78 is 0. The van der Waals surface area contributed by atoms with Crippen LogP contribution in [0, 0.1) is 22.5 Å². The molecule has 0 aliphatic heterocycles. The average Bonchev–Trinajstić information content (AvgIpc) is 2.43. The second-order valence-corrected chi connectivity index (χ2v) is 5.61. The number of rotatable bonds is 7. The van der Waals surface area contributed by atoms with E-state index in [9.17, 15) is 10.1 Å². The first kappa shape index (κ1) is 16.9. The van der Waals surface area contributed by atoms with E-state index in [1.165, 1.54) is 6.07 Å². The van der Waals surface area contributed by atoms with Gasteiger partial charge in [0.25, 0.3) is 5.69 Å². The lowest BCUT2D eigenvalue weighted by Gasteiger charge is -2.22. The van der Waals surface area contributed by atoms with Crippen molar-refractivity contribution < 1.29 is 10.1 Å². The molecule has 0 unspecified atom stereocenters. The molecule has 1 aromatic carbocycles. The van der Waals surface area contributed by atoms with E-state index in [2.05, 4.69) is 10.5 Å². The first-order valence-electron chi connectivity index (χ1n) is 6.71. The lowest BCUT2D eigenvalue weighted by Crippen LogP contribution is -2.34. The number of nitrogens with one attached hydrogen (secondary N) is 1. The summed E-state index contributed by atoms with van der Waals surface area (Å²) in [5, 5.41) is 25.8. The Kier molecular flexibility index (Phi) is 5.66. The predicted molar refractivity (Wildman–Crippen MR) is 81.3 cm³/mol. The molecule has 1 rings (SSSR count). The largest absolute Gasteiger partial charge is 0.409 e. The molecule has 0 atom stereocenters. The highest BCUT2D eigenvalue weighted by molar-refractivity contribution is 5.85. The zero-order valence-electron chi connectivity index (χ0n) is 12.6. The average molecular weight is 294 g/mol. The number of hydrogen-bond donors (Lipinski definition) is 3. The fraction of sp³-hybridized carbons (Fsp3) is 0.500. The number of hydrogen-bond acceptors (Lipinski definition) is 5. The summed E-state index contributed by atoms with van der Waals surface area (Å²) in [6.07, 6.45) is 0.691. The van der Waals surface area contributed by atoms with E-state index in [1.54, 1.807) is 13.0 Å². The van der Waals surface area contributed by atoms with Gasteiger partial charge in [0.2, 0.25) is 0 Å². The van der Waals surface area contributed by atoms with Crippen LogP contribution in [0.25, 0.3) is 0 Å². The number of amidine groups is 1. The molecule has 0 heterocycles. The lowest BCUT2D eigenvalue weighted by molar-refractivity contribution is -0.385. The minimum atomic E-state index is -0.403. The molecule has 0 fully saturated rings. The van der Waals surface area contributed by atoms with E-state index < -0.39 is 5.41 Å². The van der Waals surface area contributed by atoms with E-state index in [4.69, 9.17) is 10.9 Å². The molecule has 0 aromatic heterocycles. The maximum Gasteiger partial charge on any atom is 0.272 e. The van der Waals surface area contributed by atoms with E-state index in [-0.39, 0.29) is 16.4 Å². The smallest absolute Gasteiger partial charge is 0.272 e. The monoisotopic (exact) mass is 294 g/mol. The van der Waals surface area contributed by atoms with Crippen molar-refractivity contribution in [2.45, 2.75) is 33.7 Å². The first-order chi connectivity index (χ1) is 9.79. The molecule has 116 valence electrons. The Morgan fingerprint density at radius 1 is 1.52 bits per heavy atom. The molecule has 0 saturated carbocycles. The van der Waals surface area contributed by atoms with Crippen molar-refractivity contribution in [2.75, 3.05) is 6.54 Å². The molecular formula is C14H22N4O3. The van der Waals surface area contributed by atoms with Crippen LogP contribution < -0.4 is 11.1 Å². The highest BCUT2D eigenvalue weighted by Crippen LogP contribution is 2.22. The van der Waals surface area contributed by atoms with Gasteiger partial charge in [0.15, 0.2) is 0 Å². The van der Waals surface area contributed by atoms with Gasteiger partial charge in [-0.25, -0.2) is 0 Å². The lowest BCUT2D eigenvalue weighted by atomic mass is 9.88. The second kappa shape index (κ2) is 7.03. The number of nitrogens with two attached hydrogens (primary N) is 1. The summed E-state index contributed by atoms with van der Waals surface area (Å²) in [6, 6.07) is 5.05. The van der Waals surface area contributed by atoms with E-state index in [0.717, 1.165) is 5.56 Å². The van der Waals surface area contributed by atoms with E-state index in [1.807, 2.05) is 19.9 Å². The molecule has 0 radical (unpaired) electrons. The van der Waals surface area contributed by atoms with Crippen LogP contribution >= 0.6 is 0 Å². The molecular weight excluding hydrogens is 272 g/mol. The van der Waals surface area contributed by atoms with Gasteiger partial charge in [-0.1, -0.05) is 31.1 Å². The van der Waals surface area contributed by atoms with Crippen molar-refractivity contribution in [3.63, 3.8) is 0 Å². The van der Waals surface area contributed by atoms with Crippen molar-refractivity contribution in [3.8, 4) is 0 Å². The van der Waals surface area contributed by atoms with Crippen LogP contribution in [0.1, 0.15) is 31.4 Å². The van der Waals surface area contributed by atoms with Crippen LogP contribution in [0.15, 0.2) is 23.4 Å². The maximum absolute atomic E-state index is 10.9. The van der Waals surface area contributed by atoms with Gasteiger partial charge in [0, 0.05) is 23.6 Å². The number of nitrogens with zero attached hydrogens (tertiary/aromatic N) is 2. The molecule has 7 nitrogen and oxygen atoms in total. The van der Waals surface area contributed by atoms with Crippen LogP contribution in [-0.4, -0.2) is 22.5 Å². The van der Waals surface area contributed by atoms with Crippen molar-refractivity contribution >= 4 is 11.5 Å². The summed E-state index contributed by atoms with van der Waals surface area (Å²) in [5.41, 5.74) is 6.91. The van der Waals surface area contributed by atoms with Crippen LogP contribution in [0.5, 0.6) is 0 Å². The first-order valence-corrected chi connectivity index (χ1v) is 6.71. The molecule has 0 aliphatic carbocycles. The number of nitro groups is 1. The van der Waals surface area contributed by atoms with Crippen LogP contribution in [0.2, 0.25) is 0 Å². The van der Waals surface area contributed by atoms with E-state index >= 15 is 0 Å². The molecule has 0 saturated heterocycles. The summed E-state index contributed by atoms with van der Waals surface area (Å²) in [7, 11) is 0. The molecule has 0 amide bonds. The fourth-order valence-electron chi connectivity index (χ4n) is 1.95.